The largest absolute Gasteiger partial charge is 0.472 e. The Bertz CT molecular complexity index is 2020. The van der Waals surface area contributed by atoms with Gasteiger partial charge in [-0.2, -0.15) is 0 Å². The molecule has 0 aliphatic heterocycles. The van der Waals surface area contributed by atoms with Crippen LogP contribution in [0, 0.1) is 0 Å². The van der Waals surface area contributed by atoms with Crippen LogP contribution in [0.3, 0.4) is 0 Å². The summed E-state index contributed by atoms with van der Waals surface area (Å²) in [5.74, 6) is -0.790. The van der Waals surface area contributed by atoms with E-state index < -0.39 is 26.5 Å². The number of allylic oxidation sites excluding steroid dienone is 22. The Balaban J connectivity index is 4.00. The second kappa shape index (κ2) is 71.4. The molecule has 0 saturated carbocycles. The van der Waals surface area contributed by atoms with Crippen molar-refractivity contribution in [3.05, 3.63) is 134 Å². The van der Waals surface area contributed by atoms with Gasteiger partial charge in [0.1, 0.15) is 19.8 Å². The molecule has 0 bridgehead atoms. The summed E-state index contributed by atoms with van der Waals surface area (Å²) >= 11 is 0. The van der Waals surface area contributed by atoms with Crippen molar-refractivity contribution in [2.75, 3.05) is 47.5 Å². The van der Waals surface area contributed by atoms with E-state index in [0.29, 0.717) is 17.4 Å². The van der Waals surface area contributed by atoms with E-state index in [1.807, 2.05) is 21.1 Å². The van der Waals surface area contributed by atoms with Crippen molar-refractivity contribution in [1.82, 2.24) is 0 Å². The maximum absolute atomic E-state index is 12.9. The fourth-order valence-corrected chi connectivity index (χ4v) is 11.2. The lowest BCUT2D eigenvalue weighted by molar-refractivity contribution is -0.870. The van der Waals surface area contributed by atoms with E-state index in [2.05, 4.69) is 148 Å². The lowest BCUT2D eigenvalue weighted by Gasteiger charge is -2.24. The molecule has 0 aliphatic rings. The van der Waals surface area contributed by atoms with E-state index in [9.17, 15) is 19.0 Å². The molecule has 2 atom stereocenters. The molecule has 2 unspecified atom stereocenters. The number of carbonyl (C=O) groups excluding carboxylic acids is 2. The molecule has 0 aromatic heterocycles. The number of likely N-dealkylation sites (N-methyl/N-ethyl adjacent to an activating group) is 1. The molecule has 0 amide bonds. The van der Waals surface area contributed by atoms with Crippen molar-refractivity contribution in [2.45, 2.75) is 328 Å². The van der Waals surface area contributed by atoms with E-state index in [-0.39, 0.29) is 32.0 Å². The van der Waals surface area contributed by atoms with Crippen LogP contribution in [0.5, 0.6) is 0 Å². The fraction of sp³-hybridized carbons (Fsp3) is 0.707. The number of phosphoric acid groups is 1. The summed E-state index contributed by atoms with van der Waals surface area (Å²) in [6.45, 7) is 4.24. The Morgan fingerprint density at radius 3 is 0.870 bits per heavy atom. The summed E-state index contributed by atoms with van der Waals surface area (Å²) in [7, 11) is 1.48. The van der Waals surface area contributed by atoms with Crippen LogP contribution < -0.4 is 0 Å². The topological polar surface area (TPSA) is 108 Å². The predicted octanol–water partition coefficient (Wildman–Crippen LogP) is 25.2. The molecule has 0 rings (SSSR count). The third-order valence-corrected chi connectivity index (χ3v) is 17.2. The summed E-state index contributed by atoms with van der Waals surface area (Å²) in [5.41, 5.74) is 0. The van der Waals surface area contributed by atoms with E-state index in [1.165, 1.54) is 180 Å². The minimum atomic E-state index is -4.40. The number of phosphoric ester groups is 1. The first-order valence-corrected chi connectivity index (χ1v) is 39.4. The van der Waals surface area contributed by atoms with Crippen LogP contribution in [0.15, 0.2) is 134 Å². The van der Waals surface area contributed by atoms with Crippen LogP contribution in [-0.2, 0) is 32.7 Å². The molecule has 0 aromatic carbocycles. The molecule has 0 fully saturated rings. The molecular formula is C82H143NO8P+. The average Bonchev–Trinajstić information content (AvgIpc) is 2.34. The highest BCUT2D eigenvalue weighted by atomic mass is 31.2. The second-order valence-electron chi connectivity index (χ2n) is 26.3. The summed E-state index contributed by atoms with van der Waals surface area (Å²) in [4.78, 5) is 36.0. The molecule has 0 spiro atoms. The average molecular weight is 1300 g/mol. The second-order valence-corrected chi connectivity index (χ2v) is 27.7. The van der Waals surface area contributed by atoms with Crippen molar-refractivity contribution in [2.24, 2.45) is 0 Å². The SMILES string of the molecule is CC/C=C\C/C=C\C/C=C\C/C=C\C/C=C\C/C=C\C/C=C\CCCCCCCCCCCCCCCCCC(=O)OC(COC(=O)CCCCCCCCCCCCCCCCCCCC/C=C\C/C=C\C/C=C\C/C=C\CC)COP(=O)(O)OCC[N+](C)(C)C. The molecule has 92 heavy (non-hydrogen) atoms. The number of hydrogen-bond donors (Lipinski definition) is 1. The third-order valence-electron chi connectivity index (χ3n) is 16.2. The quantitative estimate of drug-likeness (QED) is 0.0211. The number of unbranched alkanes of at least 4 members (excludes halogenated alkanes) is 33. The zero-order chi connectivity index (χ0) is 66.9. The number of esters is 2. The van der Waals surface area contributed by atoms with Gasteiger partial charge in [-0.05, 0) is 109 Å². The van der Waals surface area contributed by atoms with Crippen molar-refractivity contribution in [3.63, 3.8) is 0 Å². The highest BCUT2D eigenvalue weighted by molar-refractivity contribution is 7.47. The highest BCUT2D eigenvalue weighted by Gasteiger charge is 2.27. The minimum absolute atomic E-state index is 0.0285. The molecular weight excluding hydrogens is 1160 g/mol. The van der Waals surface area contributed by atoms with E-state index in [4.69, 9.17) is 18.5 Å². The van der Waals surface area contributed by atoms with Crippen LogP contribution in [0.2, 0.25) is 0 Å². The number of hydrogen-bond acceptors (Lipinski definition) is 7. The Kier molecular flexibility index (Phi) is 68.5. The van der Waals surface area contributed by atoms with Crippen molar-refractivity contribution in [1.29, 1.82) is 0 Å². The van der Waals surface area contributed by atoms with E-state index in [1.54, 1.807) is 0 Å². The van der Waals surface area contributed by atoms with Crippen LogP contribution in [0.4, 0.5) is 0 Å². The molecule has 0 saturated heterocycles. The summed E-state index contributed by atoms with van der Waals surface area (Å²) in [5, 5.41) is 0. The Hall–Kier alpha value is -3.85. The van der Waals surface area contributed by atoms with Crippen LogP contribution in [0.25, 0.3) is 0 Å². The third kappa shape index (κ3) is 75.2. The Morgan fingerprint density at radius 1 is 0.337 bits per heavy atom. The van der Waals surface area contributed by atoms with Crippen molar-refractivity contribution >= 4 is 19.8 Å². The molecule has 528 valence electrons. The normalized spacial score (nSPS) is 13.8. The molecule has 10 heteroatoms. The molecule has 0 aromatic rings. The van der Waals surface area contributed by atoms with Crippen molar-refractivity contribution in [3.8, 4) is 0 Å². The Labute approximate surface area is 568 Å². The number of ether oxygens (including phenoxy) is 2. The van der Waals surface area contributed by atoms with Gasteiger partial charge in [0.15, 0.2) is 6.10 Å². The first kappa shape index (κ1) is 88.2. The molecule has 0 radical (unpaired) electrons. The minimum Gasteiger partial charge on any atom is -0.462 e. The smallest absolute Gasteiger partial charge is 0.462 e. The Morgan fingerprint density at radius 2 is 0.587 bits per heavy atom. The molecule has 9 nitrogen and oxygen atoms in total. The maximum Gasteiger partial charge on any atom is 0.472 e. The molecule has 0 heterocycles. The van der Waals surface area contributed by atoms with E-state index in [0.717, 1.165) is 109 Å². The van der Waals surface area contributed by atoms with Gasteiger partial charge in [0, 0.05) is 12.8 Å². The zero-order valence-corrected chi connectivity index (χ0v) is 61.1. The maximum atomic E-state index is 12.9. The summed E-state index contributed by atoms with van der Waals surface area (Å²) in [6.07, 6.45) is 104. The summed E-state index contributed by atoms with van der Waals surface area (Å²) in [6, 6.07) is 0. The first-order chi connectivity index (χ1) is 45.0. The van der Waals surface area contributed by atoms with Crippen LogP contribution in [-0.4, -0.2) is 74.9 Å². The first-order valence-electron chi connectivity index (χ1n) is 37.9. The molecule has 0 aliphatic carbocycles. The van der Waals surface area contributed by atoms with Gasteiger partial charge in [0.2, 0.25) is 0 Å². The number of nitrogens with zero attached hydrogens (tertiary/aromatic N) is 1. The number of quaternary nitrogens is 1. The van der Waals surface area contributed by atoms with Crippen LogP contribution in [0.1, 0.15) is 322 Å². The highest BCUT2D eigenvalue weighted by Crippen LogP contribution is 2.43. The van der Waals surface area contributed by atoms with Gasteiger partial charge in [-0.25, -0.2) is 4.57 Å². The lowest BCUT2D eigenvalue weighted by Crippen LogP contribution is -2.37. The van der Waals surface area contributed by atoms with Gasteiger partial charge in [-0.3, -0.25) is 18.6 Å². The number of carbonyl (C=O) groups is 2. The number of rotatable bonds is 69. The van der Waals surface area contributed by atoms with Gasteiger partial charge in [0.25, 0.3) is 0 Å². The van der Waals surface area contributed by atoms with Crippen molar-refractivity contribution < 1.29 is 42.1 Å². The monoisotopic (exact) mass is 1300 g/mol. The zero-order valence-electron chi connectivity index (χ0n) is 60.2. The molecule has 1 N–H and O–H groups in total. The van der Waals surface area contributed by atoms with Gasteiger partial charge < -0.3 is 18.9 Å². The fourth-order valence-electron chi connectivity index (χ4n) is 10.5. The van der Waals surface area contributed by atoms with Gasteiger partial charge in [-0.1, -0.05) is 334 Å². The van der Waals surface area contributed by atoms with Crippen LogP contribution >= 0.6 is 7.82 Å². The van der Waals surface area contributed by atoms with Gasteiger partial charge in [-0.15, -0.1) is 0 Å². The van der Waals surface area contributed by atoms with E-state index >= 15 is 0 Å². The predicted molar refractivity (Wildman–Crippen MR) is 399 cm³/mol. The summed E-state index contributed by atoms with van der Waals surface area (Å²) < 4.78 is 34.8. The van der Waals surface area contributed by atoms with Gasteiger partial charge >= 0.3 is 19.8 Å². The lowest BCUT2D eigenvalue weighted by atomic mass is 10.0. The standard InChI is InChI=1S/C82H142NO8P/c1-6-8-10-12-14-16-18-20-22-24-26-28-30-32-34-36-38-39-40-41-42-43-45-47-49-51-53-55-57-59-61-63-65-67-69-71-73-75-82(85)91-80(79-90-92(86,87)89-77-76-83(3,4)5)78-88-81(84)74-72-70-68-66-64-62-60-58-56-54-52-50-48-46-44-37-35-33-31-29-27-25-23-21-19-17-15-13-11-9-7-2/h8-11,14-17,20-23,26-29,32,34,38-39,41-42,80H,6-7,12-13,18-19,24-25,30-31,33,35-37,40,43-79H2,1-5H3/p+1/b10-8-,11-9-,16-14-,17-15-,22-20-,23-21-,28-26-,29-27-,34-32-,39-38-,42-41-. The van der Waals surface area contributed by atoms with Gasteiger partial charge in [0.05, 0.1) is 27.7 Å².